The molecule has 8 nitrogen and oxygen atoms in total. The van der Waals surface area contributed by atoms with Crippen LogP contribution in [0.4, 0.5) is 0 Å². The third-order valence-electron chi connectivity index (χ3n) is 5.29. The van der Waals surface area contributed by atoms with Crippen LogP contribution in [0.2, 0.25) is 0 Å². The number of nitrogens with zero attached hydrogens (tertiary/aromatic N) is 4. The van der Waals surface area contributed by atoms with Crippen molar-refractivity contribution in [1.29, 1.82) is 0 Å². The molecule has 2 fully saturated rings. The highest BCUT2D eigenvalue weighted by Gasteiger charge is 2.37. The average Bonchev–Trinajstić information content (AvgIpc) is 3.45. The van der Waals surface area contributed by atoms with Gasteiger partial charge >= 0.3 is 0 Å². The van der Waals surface area contributed by atoms with Gasteiger partial charge in [-0.3, -0.25) is 9.78 Å². The van der Waals surface area contributed by atoms with E-state index in [1.54, 1.807) is 19.5 Å². The molecule has 0 aromatic carbocycles. The van der Waals surface area contributed by atoms with Crippen molar-refractivity contribution < 1.29 is 14.6 Å². The van der Waals surface area contributed by atoms with Crippen LogP contribution in [-0.2, 0) is 16.1 Å². The maximum absolute atomic E-state index is 12.2. The molecule has 4 rings (SSSR count). The Morgan fingerprint density at radius 3 is 2.93 bits per heavy atom. The summed E-state index contributed by atoms with van der Waals surface area (Å²) in [7, 11) is 1.62. The zero-order valence-corrected chi connectivity index (χ0v) is 15.4. The third-order valence-corrected chi connectivity index (χ3v) is 5.29. The quantitative estimate of drug-likeness (QED) is 0.794. The van der Waals surface area contributed by atoms with Crippen LogP contribution in [0.25, 0.3) is 5.69 Å². The molecule has 2 aliphatic carbocycles. The number of hydrogen-bond donors (Lipinski definition) is 2. The van der Waals surface area contributed by atoms with Crippen LogP contribution in [0.3, 0.4) is 0 Å². The number of amides is 1. The van der Waals surface area contributed by atoms with Crippen molar-refractivity contribution in [3.05, 3.63) is 36.2 Å². The van der Waals surface area contributed by atoms with Gasteiger partial charge in [-0.15, -0.1) is 5.10 Å². The second kappa shape index (κ2) is 7.74. The Hall–Kier alpha value is -2.32. The highest BCUT2D eigenvalue weighted by Crippen LogP contribution is 2.35. The lowest BCUT2D eigenvalue weighted by Gasteiger charge is -2.33. The number of carbonyl (C=O) groups excluding carboxylic acids is 1. The first kappa shape index (κ1) is 18.1. The fourth-order valence-corrected chi connectivity index (χ4v) is 3.68. The summed E-state index contributed by atoms with van der Waals surface area (Å²) in [5.74, 6) is 1.73. The summed E-state index contributed by atoms with van der Waals surface area (Å²) in [6, 6.07) is 3.55. The third kappa shape index (κ3) is 4.01. The number of aromatic nitrogens is 4. The van der Waals surface area contributed by atoms with Gasteiger partial charge in [0.2, 0.25) is 5.91 Å². The number of rotatable bonds is 6. The smallest absolute Gasteiger partial charge is 0.223 e. The average molecular weight is 371 g/mol. The van der Waals surface area contributed by atoms with E-state index in [-0.39, 0.29) is 23.8 Å². The van der Waals surface area contributed by atoms with Gasteiger partial charge in [-0.05, 0) is 44.2 Å². The Kier molecular flexibility index (Phi) is 5.18. The predicted octanol–water partition coefficient (Wildman–Crippen LogP) is 1.33. The fourth-order valence-electron chi connectivity index (χ4n) is 3.68. The molecule has 0 bridgehead atoms. The van der Waals surface area contributed by atoms with E-state index in [1.807, 2.05) is 16.8 Å². The van der Waals surface area contributed by atoms with Crippen molar-refractivity contribution in [3.8, 4) is 5.69 Å². The number of ether oxygens (including phenoxy) is 1. The first-order valence-electron chi connectivity index (χ1n) is 9.49. The van der Waals surface area contributed by atoms with Gasteiger partial charge in [-0.25, -0.2) is 9.67 Å². The van der Waals surface area contributed by atoms with Gasteiger partial charge in [0.15, 0.2) is 5.82 Å². The zero-order valence-electron chi connectivity index (χ0n) is 15.4. The summed E-state index contributed by atoms with van der Waals surface area (Å²) in [6.45, 7) is 0.331. The molecule has 0 unspecified atom stereocenters. The Morgan fingerprint density at radius 1 is 1.37 bits per heavy atom. The van der Waals surface area contributed by atoms with E-state index in [0.717, 1.165) is 30.8 Å². The van der Waals surface area contributed by atoms with Crippen molar-refractivity contribution in [2.75, 3.05) is 7.11 Å². The fraction of sp³-hybridized carbons (Fsp3) is 0.579. The molecule has 0 saturated heterocycles. The minimum atomic E-state index is -0.517. The van der Waals surface area contributed by atoms with Gasteiger partial charge in [-0.1, -0.05) is 0 Å². The second-order valence-electron chi connectivity index (χ2n) is 7.41. The van der Waals surface area contributed by atoms with Crippen molar-refractivity contribution in [2.24, 2.45) is 5.92 Å². The lowest BCUT2D eigenvalue weighted by molar-refractivity contribution is -0.124. The maximum Gasteiger partial charge on any atom is 0.223 e. The lowest BCUT2D eigenvalue weighted by atomic mass is 9.83. The van der Waals surface area contributed by atoms with Gasteiger partial charge in [-0.2, -0.15) is 0 Å². The molecule has 8 heteroatoms. The molecule has 0 aliphatic heterocycles. The predicted molar refractivity (Wildman–Crippen MR) is 97.1 cm³/mol. The summed E-state index contributed by atoms with van der Waals surface area (Å²) < 4.78 is 7.00. The van der Waals surface area contributed by atoms with E-state index in [1.165, 1.54) is 0 Å². The largest absolute Gasteiger partial charge is 0.391 e. The van der Waals surface area contributed by atoms with E-state index in [9.17, 15) is 9.90 Å². The van der Waals surface area contributed by atoms with Crippen molar-refractivity contribution in [3.63, 3.8) is 0 Å². The van der Waals surface area contributed by atoms with Crippen LogP contribution in [0.1, 0.15) is 49.7 Å². The van der Waals surface area contributed by atoms with E-state index in [4.69, 9.17) is 9.72 Å². The first-order valence-corrected chi connectivity index (χ1v) is 9.49. The van der Waals surface area contributed by atoms with Gasteiger partial charge in [0.05, 0.1) is 24.0 Å². The van der Waals surface area contributed by atoms with Crippen molar-refractivity contribution >= 4 is 5.91 Å². The SMILES string of the molecule is COCc1nc([C@H]2CC[C@@H](O)[C@H](NC(=O)C3CC3)C2)n(-c2cccnc2)n1. The van der Waals surface area contributed by atoms with Gasteiger partial charge < -0.3 is 15.2 Å². The summed E-state index contributed by atoms with van der Waals surface area (Å²) in [4.78, 5) is 21.0. The number of hydrogen-bond acceptors (Lipinski definition) is 6. The maximum atomic E-state index is 12.2. The molecule has 1 amide bonds. The summed E-state index contributed by atoms with van der Waals surface area (Å²) >= 11 is 0. The van der Waals surface area contributed by atoms with E-state index in [2.05, 4.69) is 15.4 Å². The van der Waals surface area contributed by atoms with E-state index in [0.29, 0.717) is 25.3 Å². The highest BCUT2D eigenvalue weighted by molar-refractivity contribution is 5.81. The number of aliphatic hydroxyl groups is 1. The Bertz CT molecular complexity index is 790. The zero-order chi connectivity index (χ0) is 18.8. The molecule has 0 spiro atoms. The minimum Gasteiger partial charge on any atom is -0.391 e. The van der Waals surface area contributed by atoms with Crippen LogP contribution in [0.15, 0.2) is 24.5 Å². The number of pyridine rings is 1. The van der Waals surface area contributed by atoms with Crippen LogP contribution < -0.4 is 5.32 Å². The van der Waals surface area contributed by atoms with E-state index < -0.39 is 6.10 Å². The van der Waals surface area contributed by atoms with Crippen LogP contribution in [0, 0.1) is 5.92 Å². The van der Waals surface area contributed by atoms with Crippen LogP contribution >= 0.6 is 0 Å². The van der Waals surface area contributed by atoms with Crippen LogP contribution in [-0.4, -0.2) is 50.0 Å². The first-order chi connectivity index (χ1) is 13.2. The minimum absolute atomic E-state index is 0.0634. The molecular formula is C19H25N5O3. The summed E-state index contributed by atoms with van der Waals surface area (Å²) in [6.07, 6.45) is 6.92. The molecule has 2 aliphatic rings. The molecule has 3 atom stereocenters. The van der Waals surface area contributed by atoms with E-state index >= 15 is 0 Å². The molecule has 2 aromatic heterocycles. The number of aliphatic hydroxyl groups excluding tert-OH is 1. The molecule has 0 radical (unpaired) electrons. The monoisotopic (exact) mass is 371 g/mol. The highest BCUT2D eigenvalue weighted by atomic mass is 16.5. The second-order valence-corrected chi connectivity index (χ2v) is 7.41. The van der Waals surface area contributed by atoms with Crippen molar-refractivity contribution in [2.45, 2.75) is 56.8 Å². The number of carbonyl (C=O) groups is 1. The Morgan fingerprint density at radius 2 is 2.22 bits per heavy atom. The van der Waals surface area contributed by atoms with Gasteiger partial charge in [0.25, 0.3) is 0 Å². The molecule has 27 heavy (non-hydrogen) atoms. The normalized spacial score (nSPS) is 25.3. The molecule has 2 aromatic rings. The molecule has 2 N–H and O–H groups in total. The molecule has 2 heterocycles. The number of nitrogens with one attached hydrogen (secondary N) is 1. The lowest BCUT2D eigenvalue weighted by Crippen LogP contribution is -2.47. The van der Waals surface area contributed by atoms with Crippen molar-refractivity contribution in [1.82, 2.24) is 25.1 Å². The van der Waals surface area contributed by atoms with Crippen LogP contribution in [0.5, 0.6) is 0 Å². The molecule has 2 saturated carbocycles. The number of methoxy groups -OCH3 is 1. The summed E-state index contributed by atoms with van der Waals surface area (Å²) in [5, 5.41) is 18.0. The molecule has 144 valence electrons. The van der Waals surface area contributed by atoms with Gasteiger partial charge in [0, 0.05) is 25.1 Å². The standard InChI is InChI=1S/C19H25N5O3/c1-27-11-17-22-18(24(23-17)14-3-2-8-20-10-14)13-6-7-16(25)15(9-13)21-19(26)12-4-5-12/h2-3,8,10,12-13,15-16,25H,4-7,9,11H2,1H3,(H,21,26)/t13-,15+,16+/m0/s1. The topological polar surface area (TPSA) is 102 Å². The van der Waals surface area contributed by atoms with Gasteiger partial charge in [0.1, 0.15) is 12.4 Å². The Balaban J connectivity index is 1.58. The Labute approximate surface area is 158 Å². The molecular weight excluding hydrogens is 346 g/mol. The summed E-state index contributed by atoms with van der Waals surface area (Å²) in [5.41, 5.74) is 0.840.